The molecule has 148 valence electrons. The Kier molecular flexibility index (Phi) is 6.79. The zero-order valence-corrected chi connectivity index (χ0v) is 16.1. The van der Waals surface area contributed by atoms with Crippen LogP contribution < -0.4 is 21.1 Å². The lowest BCUT2D eigenvalue weighted by Gasteiger charge is -2.32. The van der Waals surface area contributed by atoms with Crippen molar-refractivity contribution in [3.8, 4) is 5.75 Å². The Hall–Kier alpha value is -2.44. The van der Waals surface area contributed by atoms with Crippen LogP contribution in [-0.2, 0) is 6.54 Å². The van der Waals surface area contributed by atoms with Crippen LogP contribution in [0.3, 0.4) is 0 Å². The second-order valence-corrected chi connectivity index (χ2v) is 7.30. The number of nitrogens with one attached hydrogen (secondary N) is 2. The smallest absolute Gasteiger partial charge is 0.314 e. The Morgan fingerprint density at radius 1 is 1.26 bits per heavy atom. The van der Waals surface area contributed by atoms with Crippen LogP contribution in [0.1, 0.15) is 38.2 Å². The first-order valence-electron chi connectivity index (χ1n) is 9.95. The van der Waals surface area contributed by atoms with Gasteiger partial charge in [0.1, 0.15) is 5.75 Å². The van der Waals surface area contributed by atoms with Gasteiger partial charge in [0.2, 0.25) is 0 Å². The number of nitrogens with zero attached hydrogens (tertiary/aromatic N) is 2. The lowest BCUT2D eigenvalue weighted by molar-refractivity contribution is 0.188. The first kappa shape index (κ1) is 19.3. The third kappa shape index (κ3) is 6.05. The van der Waals surface area contributed by atoms with E-state index in [0.29, 0.717) is 25.7 Å². The summed E-state index contributed by atoms with van der Waals surface area (Å²) in [5.74, 6) is 2.46. The van der Waals surface area contributed by atoms with E-state index in [4.69, 9.17) is 15.5 Å². The van der Waals surface area contributed by atoms with Crippen LogP contribution in [0.5, 0.6) is 5.75 Å². The molecule has 4 N–H and O–H groups in total. The number of carbonyl (C=O) groups excluding carboxylic acids is 1. The molecule has 2 fully saturated rings. The predicted octanol–water partition coefficient (Wildman–Crippen LogP) is 2.07. The lowest BCUT2D eigenvalue weighted by Crippen LogP contribution is -2.50. The molecule has 2 aliphatic rings. The highest BCUT2D eigenvalue weighted by molar-refractivity contribution is 5.80. The minimum atomic E-state index is -0.336. The van der Waals surface area contributed by atoms with Gasteiger partial charge in [0, 0.05) is 31.2 Å². The maximum atomic E-state index is 11.3. The van der Waals surface area contributed by atoms with Crippen molar-refractivity contribution in [3.63, 3.8) is 0 Å². The van der Waals surface area contributed by atoms with Crippen LogP contribution in [0.15, 0.2) is 29.3 Å². The monoisotopic (exact) mass is 373 g/mol. The van der Waals surface area contributed by atoms with Gasteiger partial charge >= 0.3 is 6.03 Å². The quantitative estimate of drug-likeness (QED) is 0.504. The van der Waals surface area contributed by atoms with Crippen molar-refractivity contribution in [2.24, 2.45) is 16.6 Å². The number of amides is 2. The molecule has 0 atom stereocenters. The molecule has 1 saturated heterocycles. The summed E-state index contributed by atoms with van der Waals surface area (Å²) in [4.78, 5) is 17.7. The number of para-hydroxylation sites is 1. The molecule has 0 spiro atoms. The van der Waals surface area contributed by atoms with E-state index in [2.05, 4.69) is 23.6 Å². The maximum Gasteiger partial charge on any atom is 0.314 e. The van der Waals surface area contributed by atoms with E-state index in [1.165, 1.54) is 12.8 Å². The third-order valence-electron chi connectivity index (χ3n) is 5.04. The first-order chi connectivity index (χ1) is 13.2. The largest absolute Gasteiger partial charge is 0.493 e. The molecule has 1 aliphatic carbocycles. The number of urea groups is 1. The fourth-order valence-electron chi connectivity index (χ4n) is 3.19. The highest BCUT2D eigenvalue weighted by Gasteiger charge is 2.23. The Labute approximate surface area is 161 Å². The summed E-state index contributed by atoms with van der Waals surface area (Å²) in [5.41, 5.74) is 6.45. The van der Waals surface area contributed by atoms with Crippen molar-refractivity contribution >= 4 is 12.0 Å². The number of rotatable bonds is 7. The van der Waals surface area contributed by atoms with Gasteiger partial charge in [-0.25, -0.2) is 9.79 Å². The number of nitrogens with two attached hydrogens (primary N) is 1. The van der Waals surface area contributed by atoms with Gasteiger partial charge in [-0.1, -0.05) is 18.2 Å². The number of hydrogen-bond donors (Lipinski definition) is 3. The minimum Gasteiger partial charge on any atom is -0.493 e. The van der Waals surface area contributed by atoms with Crippen LogP contribution in [0.2, 0.25) is 0 Å². The zero-order valence-electron chi connectivity index (χ0n) is 16.1. The maximum absolute atomic E-state index is 11.3. The molecule has 3 rings (SSSR count). The number of carbonyl (C=O) groups is 1. The average molecular weight is 374 g/mol. The predicted molar refractivity (Wildman–Crippen MR) is 107 cm³/mol. The Bertz CT molecular complexity index is 652. The molecule has 2 amide bonds. The van der Waals surface area contributed by atoms with Crippen molar-refractivity contribution in [2.75, 3.05) is 26.2 Å². The Morgan fingerprint density at radius 3 is 2.67 bits per heavy atom. The van der Waals surface area contributed by atoms with E-state index in [1.54, 1.807) is 4.90 Å². The summed E-state index contributed by atoms with van der Waals surface area (Å²) in [5, 5.41) is 6.79. The second-order valence-electron chi connectivity index (χ2n) is 7.30. The van der Waals surface area contributed by atoms with Gasteiger partial charge in [-0.05, 0) is 44.6 Å². The van der Waals surface area contributed by atoms with Gasteiger partial charge in [0.05, 0.1) is 13.2 Å². The van der Waals surface area contributed by atoms with Crippen molar-refractivity contribution < 1.29 is 9.53 Å². The summed E-state index contributed by atoms with van der Waals surface area (Å²) >= 11 is 0. The molecule has 1 aromatic carbocycles. The van der Waals surface area contributed by atoms with Crippen molar-refractivity contribution in [1.29, 1.82) is 0 Å². The van der Waals surface area contributed by atoms with E-state index in [0.717, 1.165) is 49.2 Å². The molecular formula is C20H31N5O2. The average Bonchev–Trinajstić information content (AvgIpc) is 3.50. The highest BCUT2D eigenvalue weighted by Crippen LogP contribution is 2.30. The topological polar surface area (TPSA) is 92.0 Å². The SMILES string of the molecule is CCNC(=NCc1ccccc1OCC1CC1)NC1CCN(C(N)=O)CC1. The van der Waals surface area contributed by atoms with Gasteiger partial charge in [-0.3, -0.25) is 0 Å². The van der Waals surface area contributed by atoms with E-state index in [1.807, 2.05) is 18.2 Å². The molecule has 1 heterocycles. The van der Waals surface area contributed by atoms with E-state index in [-0.39, 0.29) is 6.03 Å². The van der Waals surface area contributed by atoms with Crippen LogP contribution in [0.4, 0.5) is 4.79 Å². The van der Waals surface area contributed by atoms with Gasteiger partial charge in [-0.2, -0.15) is 0 Å². The van der Waals surface area contributed by atoms with Crippen LogP contribution >= 0.6 is 0 Å². The van der Waals surface area contributed by atoms with Crippen LogP contribution in [-0.4, -0.2) is 49.2 Å². The van der Waals surface area contributed by atoms with Gasteiger partial charge in [0.15, 0.2) is 5.96 Å². The molecular weight excluding hydrogens is 342 g/mol. The third-order valence-corrected chi connectivity index (χ3v) is 5.04. The molecule has 0 aromatic heterocycles. The molecule has 1 saturated carbocycles. The lowest BCUT2D eigenvalue weighted by atomic mass is 10.1. The number of aliphatic imine (C=N–C) groups is 1. The number of guanidine groups is 1. The van der Waals surface area contributed by atoms with Crippen molar-refractivity contribution in [1.82, 2.24) is 15.5 Å². The molecule has 1 aromatic rings. The molecule has 27 heavy (non-hydrogen) atoms. The molecule has 0 radical (unpaired) electrons. The van der Waals surface area contributed by atoms with Gasteiger partial charge < -0.3 is 26.0 Å². The standard InChI is InChI=1S/C20H31N5O2/c1-2-22-20(24-17-9-11-25(12-10-17)19(21)26)23-13-16-5-3-4-6-18(16)27-14-15-7-8-15/h3-6,15,17H,2,7-14H2,1H3,(H2,21,26)(H2,22,23,24). The second kappa shape index (κ2) is 9.48. The highest BCUT2D eigenvalue weighted by atomic mass is 16.5. The molecule has 0 unspecified atom stereocenters. The van der Waals surface area contributed by atoms with Gasteiger partial charge in [0.25, 0.3) is 0 Å². The number of piperidine rings is 1. The Balaban J connectivity index is 1.56. The fourth-order valence-corrected chi connectivity index (χ4v) is 3.19. The van der Waals surface area contributed by atoms with Crippen LogP contribution in [0, 0.1) is 5.92 Å². The number of hydrogen-bond acceptors (Lipinski definition) is 3. The van der Waals surface area contributed by atoms with E-state index in [9.17, 15) is 4.79 Å². The fraction of sp³-hybridized carbons (Fsp3) is 0.600. The van der Waals surface area contributed by atoms with Crippen LogP contribution in [0.25, 0.3) is 0 Å². The minimum absolute atomic E-state index is 0.291. The number of ether oxygens (including phenoxy) is 1. The summed E-state index contributed by atoms with van der Waals surface area (Å²) < 4.78 is 5.98. The molecule has 7 heteroatoms. The normalized spacial score (nSPS) is 18.3. The summed E-state index contributed by atoms with van der Waals surface area (Å²) in [6.07, 6.45) is 4.30. The van der Waals surface area contributed by atoms with Crippen molar-refractivity contribution in [3.05, 3.63) is 29.8 Å². The zero-order chi connectivity index (χ0) is 19.1. The summed E-state index contributed by atoms with van der Waals surface area (Å²) in [7, 11) is 0. The molecule has 7 nitrogen and oxygen atoms in total. The van der Waals surface area contributed by atoms with Crippen molar-refractivity contribution in [2.45, 2.75) is 45.2 Å². The first-order valence-corrected chi connectivity index (χ1v) is 9.95. The molecule has 1 aliphatic heterocycles. The summed E-state index contributed by atoms with van der Waals surface area (Å²) in [6.45, 7) is 5.59. The summed E-state index contributed by atoms with van der Waals surface area (Å²) in [6, 6.07) is 8.07. The van der Waals surface area contributed by atoms with E-state index < -0.39 is 0 Å². The number of likely N-dealkylation sites (tertiary alicyclic amines) is 1. The van der Waals surface area contributed by atoms with E-state index >= 15 is 0 Å². The molecule has 0 bridgehead atoms. The number of primary amides is 1. The Morgan fingerprint density at radius 2 is 2.00 bits per heavy atom. The van der Waals surface area contributed by atoms with Gasteiger partial charge in [-0.15, -0.1) is 0 Å². The number of benzene rings is 1.